The van der Waals surface area contributed by atoms with Gasteiger partial charge in [0.25, 0.3) is 0 Å². The Kier molecular flexibility index (Phi) is 3.96. The van der Waals surface area contributed by atoms with Crippen LogP contribution in [0.3, 0.4) is 0 Å². The first-order valence-corrected chi connectivity index (χ1v) is 7.31. The Morgan fingerprint density at radius 3 is 1.44 bits per heavy atom. The summed E-state index contributed by atoms with van der Waals surface area (Å²) in [5, 5.41) is 0. The van der Waals surface area contributed by atoms with Crippen LogP contribution in [0.4, 0.5) is 0 Å². The summed E-state index contributed by atoms with van der Waals surface area (Å²) in [6, 6.07) is 0. The van der Waals surface area contributed by atoms with E-state index in [1.54, 1.807) is 0 Å². The van der Waals surface area contributed by atoms with Crippen molar-refractivity contribution in [1.29, 1.82) is 0 Å². The molecule has 0 aromatic heterocycles. The second kappa shape index (κ2) is 5.09. The van der Waals surface area contributed by atoms with E-state index in [1.807, 2.05) is 0 Å². The fourth-order valence-electron chi connectivity index (χ4n) is 2.06. The van der Waals surface area contributed by atoms with Crippen LogP contribution in [-0.4, -0.2) is 113 Å². The Hall–Kier alpha value is -0.0210. The normalized spacial score (nSPS) is 21.6. The summed E-state index contributed by atoms with van der Waals surface area (Å²) < 4.78 is 2.57. The molecule has 2 heterocycles. The maximum absolute atomic E-state index is 3.16. The molecule has 0 amide bonds. The van der Waals surface area contributed by atoms with Crippen molar-refractivity contribution < 1.29 is 0 Å². The van der Waals surface area contributed by atoms with Gasteiger partial charge in [-0.25, -0.2) is 0 Å². The number of rotatable bonds is 3. The van der Waals surface area contributed by atoms with E-state index in [0.29, 0.717) is 0 Å². The zero-order valence-electron chi connectivity index (χ0n) is 9.85. The third-order valence-electron chi connectivity index (χ3n) is 3.24. The van der Waals surface area contributed by atoms with E-state index in [2.05, 4.69) is 64.8 Å². The van der Waals surface area contributed by atoms with E-state index in [0.717, 1.165) is 39.3 Å². The molecule has 2 aliphatic heterocycles. The summed E-state index contributed by atoms with van der Waals surface area (Å²) in [6.45, 7) is 6.77. The molecule has 2 saturated heterocycles. The SMILES string of the molecule is CN1CCN(CCN2CCN(C)C2=[Se])C1=[Se]. The van der Waals surface area contributed by atoms with Crippen molar-refractivity contribution in [3.05, 3.63) is 0 Å². The molecule has 0 atom stereocenters. The van der Waals surface area contributed by atoms with E-state index in [4.69, 9.17) is 0 Å². The van der Waals surface area contributed by atoms with Gasteiger partial charge in [-0.1, -0.05) is 0 Å². The molecule has 4 nitrogen and oxygen atoms in total. The zero-order chi connectivity index (χ0) is 11.7. The van der Waals surface area contributed by atoms with Crippen LogP contribution in [0.5, 0.6) is 0 Å². The first-order chi connectivity index (χ1) is 7.59. The summed E-state index contributed by atoms with van der Waals surface area (Å²) in [5.74, 6) is 0. The Morgan fingerprint density at radius 1 is 0.812 bits per heavy atom. The standard InChI is InChI=1S/C10H18N4Se2/c1-11-3-5-13(9(11)15)7-8-14-6-4-12(2)10(14)16/h3-8H2,1-2H3. The van der Waals surface area contributed by atoms with Crippen LogP contribution in [0.15, 0.2) is 0 Å². The second-order valence-electron chi connectivity index (χ2n) is 4.38. The van der Waals surface area contributed by atoms with E-state index >= 15 is 0 Å². The first-order valence-electron chi connectivity index (χ1n) is 5.59. The van der Waals surface area contributed by atoms with E-state index in [-0.39, 0.29) is 0 Å². The number of hydrogen-bond acceptors (Lipinski definition) is 4. The number of likely N-dealkylation sites (N-methyl/N-ethyl adjacent to an activating group) is 2. The molecule has 2 rings (SSSR count). The third kappa shape index (κ3) is 2.45. The fourth-order valence-corrected chi connectivity index (χ4v) is 3.21. The van der Waals surface area contributed by atoms with Crippen molar-refractivity contribution in [1.82, 2.24) is 19.6 Å². The number of hydrogen-bond donors (Lipinski definition) is 0. The zero-order valence-corrected chi connectivity index (χ0v) is 13.3. The number of nitrogens with zero attached hydrogens (tertiary/aromatic N) is 4. The van der Waals surface area contributed by atoms with Crippen molar-refractivity contribution in [2.75, 3.05) is 53.4 Å². The molecule has 0 unspecified atom stereocenters. The monoisotopic (exact) mass is 354 g/mol. The van der Waals surface area contributed by atoms with Gasteiger partial charge in [-0.3, -0.25) is 0 Å². The van der Waals surface area contributed by atoms with Crippen LogP contribution in [0.1, 0.15) is 0 Å². The summed E-state index contributed by atoms with van der Waals surface area (Å²) in [6.07, 6.45) is 0. The van der Waals surface area contributed by atoms with Gasteiger partial charge in [-0.05, 0) is 0 Å². The molecular formula is C10H18N4Se2. The van der Waals surface area contributed by atoms with Gasteiger partial charge in [0.2, 0.25) is 0 Å². The molecule has 2 aliphatic rings. The van der Waals surface area contributed by atoms with E-state index < -0.39 is 0 Å². The minimum absolute atomic E-state index is 1.10. The van der Waals surface area contributed by atoms with Gasteiger partial charge in [-0.2, -0.15) is 0 Å². The molecule has 0 aromatic rings. The van der Waals surface area contributed by atoms with Crippen molar-refractivity contribution in [3.63, 3.8) is 0 Å². The van der Waals surface area contributed by atoms with Gasteiger partial charge in [0, 0.05) is 0 Å². The van der Waals surface area contributed by atoms with Crippen LogP contribution < -0.4 is 0 Å². The summed E-state index contributed by atoms with van der Waals surface area (Å²) >= 11 is 6.32. The molecule has 0 saturated carbocycles. The fraction of sp³-hybridized carbons (Fsp3) is 0.800. The van der Waals surface area contributed by atoms with Crippen LogP contribution in [0.2, 0.25) is 0 Å². The molecule has 0 aliphatic carbocycles. The predicted molar refractivity (Wildman–Crippen MR) is 69.9 cm³/mol. The van der Waals surface area contributed by atoms with Crippen LogP contribution in [0.25, 0.3) is 0 Å². The maximum atomic E-state index is 3.16. The Balaban J connectivity index is 1.80. The van der Waals surface area contributed by atoms with Gasteiger partial charge in [0.15, 0.2) is 0 Å². The second-order valence-corrected chi connectivity index (χ2v) is 5.91. The minimum atomic E-state index is 1.10. The van der Waals surface area contributed by atoms with Crippen LogP contribution in [0, 0.1) is 0 Å². The summed E-state index contributed by atoms with van der Waals surface area (Å²) in [4.78, 5) is 9.40. The quantitative estimate of drug-likeness (QED) is 0.545. The molecular weight excluding hydrogens is 334 g/mol. The van der Waals surface area contributed by atoms with E-state index in [1.165, 1.54) is 9.33 Å². The molecule has 0 aromatic carbocycles. The summed E-state index contributed by atoms with van der Waals surface area (Å²) in [5.41, 5.74) is 0. The van der Waals surface area contributed by atoms with Crippen molar-refractivity contribution in [2.24, 2.45) is 0 Å². The van der Waals surface area contributed by atoms with Crippen molar-refractivity contribution in [2.45, 2.75) is 0 Å². The van der Waals surface area contributed by atoms with E-state index in [9.17, 15) is 0 Å². The molecule has 16 heavy (non-hydrogen) atoms. The molecule has 0 radical (unpaired) electrons. The first kappa shape index (κ1) is 12.4. The average Bonchev–Trinajstić information content (AvgIpc) is 2.74. The molecule has 2 fully saturated rings. The third-order valence-corrected chi connectivity index (χ3v) is 5.64. The Morgan fingerprint density at radius 2 is 1.19 bits per heavy atom. The van der Waals surface area contributed by atoms with Crippen LogP contribution >= 0.6 is 0 Å². The van der Waals surface area contributed by atoms with Gasteiger partial charge in [-0.15, -0.1) is 0 Å². The molecule has 90 valence electrons. The average molecular weight is 352 g/mol. The molecule has 0 N–H and O–H groups in total. The van der Waals surface area contributed by atoms with Gasteiger partial charge in [0.05, 0.1) is 0 Å². The molecule has 6 heteroatoms. The predicted octanol–water partition coefficient (Wildman–Crippen LogP) is -2.01. The van der Waals surface area contributed by atoms with Crippen molar-refractivity contribution >= 4 is 40.5 Å². The van der Waals surface area contributed by atoms with Crippen LogP contribution in [-0.2, 0) is 0 Å². The topological polar surface area (TPSA) is 13.0 Å². The molecule has 0 spiro atoms. The molecule has 0 bridgehead atoms. The Labute approximate surface area is 113 Å². The van der Waals surface area contributed by atoms with Gasteiger partial charge in [0.1, 0.15) is 0 Å². The Bertz CT molecular complexity index is 277. The summed E-state index contributed by atoms with van der Waals surface area (Å²) in [7, 11) is 4.28. The van der Waals surface area contributed by atoms with Gasteiger partial charge < -0.3 is 0 Å². The van der Waals surface area contributed by atoms with Gasteiger partial charge >= 0.3 is 113 Å². The van der Waals surface area contributed by atoms with Crippen molar-refractivity contribution in [3.8, 4) is 0 Å².